The third-order valence-electron chi connectivity index (χ3n) is 7.20. The molecular formula is C31H28N4O3S. The van der Waals surface area contributed by atoms with E-state index in [1.165, 1.54) is 16.3 Å². The zero-order chi connectivity index (χ0) is 27.3. The van der Waals surface area contributed by atoms with Crippen molar-refractivity contribution in [2.45, 2.75) is 26.2 Å². The van der Waals surface area contributed by atoms with Crippen molar-refractivity contribution in [2.24, 2.45) is 5.10 Å². The molecule has 0 spiro atoms. The van der Waals surface area contributed by atoms with Crippen LogP contribution in [-0.4, -0.2) is 30.0 Å². The summed E-state index contributed by atoms with van der Waals surface area (Å²) in [4.78, 5) is 30.4. The van der Waals surface area contributed by atoms with Crippen LogP contribution < -0.4 is 24.7 Å². The van der Waals surface area contributed by atoms with E-state index >= 15 is 0 Å². The summed E-state index contributed by atoms with van der Waals surface area (Å²) in [6.45, 7) is 6.44. The van der Waals surface area contributed by atoms with Crippen molar-refractivity contribution in [3.05, 3.63) is 110 Å². The van der Waals surface area contributed by atoms with E-state index in [0.717, 1.165) is 16.9 Å². The number of fused-ring (bicyclic) bond motifs is 1. The van der Waals surface area contributed by atoms with Gasteiger partial charge in [-0.15, -0.1) is 16.4 Å². The highest BCUT2D eigenvalue weighted by atomic mass is 32.1. The number of carbonyl (C=O) groups excluding carboxylic acids is 1. The summed E-state index contributed by atoms with van der Waals surface area (Å²) in [5.74, 6) is -0.134. The van der Waals surface area contributed by atoms with Gasteiger partial charge in [0.2, 0.25) is 5.90 Å². The van der Waals surface area contributed by atoms with Gasteiger partial charge in [0.25, 0.3) is 11.5 Å². The quantitative estimate of drug-likeness (QED) is 0.397. The minimum atomic E-state index is -0.418. The van der Waals surface area contributed by atoms with Crippen LogP contribution in [0.4, 0.5) is 11.4 Å². The topological polar surface area (TPSA) is 67.1 Å². The molecule has 0 radical (unpaired) electrons. The van der Waals surface area contributed by atoms with Crippen LogP contribution in [0.15, 0.2) is 94.8 Å². The molecule has 0 bridgehead atoms. The summed E-state index contributed by atoms with van der Waals surface area (Å²) >= 11 is 1.31. The molecule has 3 heterocycles. The Bertz CT molecular complexity index is 1800. The van der Waals surface area contributed by atoms with Gasteiger partial charge in [0.1, 0.15) is 14.8 Å². The Morgan fingerprint density at radius 2 is 1.49 bits per heavy atom. The van der Waals surface area contributed by atoms with E-state index in [0.29, 0.717) is 27.2 Å². The van der Waals surface area contributed by atoms with Gasteiger partial charge in [0.05, 0.1) is 23.7 Å². The normalized spacial score (nSPS) is 18.9. The molecule has 0 fully saturated rings. The molecule has 8 heteroatoms. The fourth-order valence-corrected chi connectivity index (χ4v) is 6.87. The van der Waals surface area contributed by atoms with Gasteiger partial charge in [0, 0.05) is 18.2 Å². The van der Waals surface area contributed by atoms with E-state index in [9.17, 15) is 9.59 Å². The number of nitrogens with zero attached hydrogens (tertiary/aromatic N) is 4. The number of thiazole rings is 1. The monoisotopic (exact) mass is 536 g/mol. The Hall–Kier alpha value is -4.43. The minimum absolute atomic E-state index is 0.182. The second-order valence-electron chi connectivity index (χ2n) is 9.93. The second-order valence-corrected chi connectivity index (χ2v) is 10.9. The van der Waals surface area contributed by atoms with E-state index in [4.69, 9.17) is 4.74 Å². The van der Waals surface area contributed by atoms with Crippen molar-refractivity contribution in [3.63, 3.8) is 0 Å². The number of hydrazone groups is 1. The summed E-state index contributed by atoms with van der Waals surface area (Å²) in [7, 11) is 1.99. The molecule has 3 aromatic carbocycles. The number of ether oxygens (including phenoxy) is 1. The molecule has 196 valence electrons. The molecule has 6 rings (SSSR count). The predicted octanol–water partition coefficient (Wildman–Crippen LogP) is 3.98. The van der Waals surface area contributed by atoms with Gasteiger partial charge in [-0.1, -0.05) is 68.4 Å². The molecule has 0 aliphatic carbocycles. The molecule has 0 saturated heterocycles. The molecular weight excluding hydrogens is 508 g/mol. The summed E-state index contributed by atoms with van der Waals surface area (Å²) in [5, 5.41) is 5.89. The van der Waals surface area contributed by atoms with Crippen LogP contribution in [-0.2, 0) is 14.9 Å². The van der Waals surface area contributed by atoms with E-state index in [-0.39, 0.29) is 22.9 Å². The number of amides is 1. The zero-order valence-corrected chi connectivity index (χ0v) is 23.0. The molecule has 4 aromatic rings. The van der Waals surface area contributed by atoms with Gasteiger partial charge in [-0.3, -0.25) is 14.2 Å². The number of likely N-dealkylation sites (N-methyl/N-ethyl adjacent to an activating group) is 1. The van der Waals surface area contributed by atoms with Gasteiger partial charge in [-0.25, -0.2) is 0 Å². The number of benzene rings is 3. The molecule has 2 aliphatic rings. The third kappa shape index (κ3) is 3.82. The minimum Gasteiger partial charge on any atom is -0.476 e. The highest BCUT2D eigenvalue weighted by Gasteiger charge is 2.41. The molecule has 39 heavy (non-hydrogen) atoms. The highest BCUT2D eigenvalue weighted by molar-refractivity contribution is 7.08. The average molecular weight is 537 g/mol. The SMILES string of the molecule is CCOC1=NN(c2ccccc2)C(=O)/C1=c1/s/c(=C2/N(C)c3ccccc3C2(C)C)c(=O)n1-c1ccccc1. The number of hydrogen-bond donors (Lipinski definition) is 0. The number of carbonyl (C=O) groups is 1. The maximum atomic E-state index is 14.3. The van der Waals surface area contributed by atoms with Gasteiger partial charge in [-0.2, -0.15) is 5.01 Å². The van der Waals surface area contributed by atoms with Gasteiger partial charge in [-0.05, 0) is 42.8 Å². The van der Waals surface area contributed by atoms with E-state index < -0.39 is 5.41 Å². The molecule has 0 unspecified atom stereocenters. The second kappa shape index (κ2) is 9.39. The van der Waals surface area contributed by atoms with Crippen LogP contribution in [0.5, 0.6) is 0 Å². The van der Waals surface area contributed by atoms with Crippen LogP contribution in [0.2, 0.25) is 0 Å². The number of anilines is 2. The smallest absolute Gasteiger partial charge is 0.287 e. The summed E-state index contributed by atoms with van der Waals surface area (Å²) < 4.78 is 8.58. The number of rotatable bonds is 3. The van der Waals surface area contributed by atoms with Gasteiger partial charge in [0.15, 0.2) is 0 Å². The highest BCUT2D eigenvalue weighted by Crippen LogP contribution is 2.46. The molecule has 0 atom stereocenters. The Balaban J connectivity index is 1.71. The Labute approximate surface area is 230 Å². The molecule has 0 N–H and O–H groups in total. The lowest BCUT2D eigenvalue weighted by atomic mass is 9.84. The number of hydrogen-bond acceptors (Lipinski definition) is 6. The van der Waals surface area contributed by atoms with Crippen LogP contribution in [0.25, 0.3) is 17.0 Å². The maximum Gasteiger partial charge on any atom is 0.287 e. The summed E-state index contributed by atoms with van der Waals surface area (Å²) in [5.41, 5.74) is 4.09. The van der Waals surface area contributed by atoms with E-state index in [1.807, 2.05) is 86.8 Å². The number of para-hydroxylation sites is 3. The van der Waals surface area contributed by atoms with Crippen molar-refractivity contribution in [1.82, 2.24) is 4.57 Å². The Morgan fingerprint density at radius 1 is 0.872 bits per heavy atom. The molecule has 2 aliphatic heterocycles. The lowest BCUT2D eigenvalue weighted by molar-refractivity contribution is -0.112. The summed E-state index contributed by atoms with van der Waals surface area (Å²) in [6.07, 6.45) is 0. The third-order valence-corrected chi connectivity index (χ3v) is 8.35. The van der Waals surface area contributed by atoms with E-state index in [2.05, 4.69) is 36.0 Å². The van der Waals surface area contributed by atoms with Crippen molar-refractivity contribution in [2.75, 3.05) is 23.6 Å². The Kier molecular flexibility index (Phi) is 5.99. The first-order valence-electron chi connectivity index (χ1n) is 12.9. The molecule has 7 nitrogen and oxygen atoms in total. The van der Waals surface area contributed by atoms with Crippen molar-refractivity contribution in [3.8, 4) is 5.69 Å². The zero-order valence-electron chi connectivity index (χ0n) is 22.2. The first kappa shape index (κ1) is 24.9. The van der Waals surface area contributed by atoms with Crippen LogP contribution >= 0.6 is 11.3 Å². The van der Waals surface area contributed by atoms with Crippen molar-refractivity contribution in [1.29, 1.82) is 0 Å². The molecule has 0 saturated carbocycles. The summed E-state index contributed by atoms with van der Waals surface area (Å²) in [6, 6.07) is 26.8. The fraction of sp³-hybridized carbons (Fsp3) is 0.194. The molecule has 1 aromatic heterocycles. The largest absolute Gasteiger partial charge is 0.476 e. The first-order valence-corrected chi connectivity index (χ1v) is 13.7. The van der Waals surface area contributed by atoms with Crippen molar-refractivity contribution >= 4 is 45.8 Å². The first-order chi connectivity index (χ1) is 18.8. The standard InChI is InChI=1S/C31H28N4O3S/c1-5-38-27-24(28(36)35(32-27)21-16-10-7-11-17-21)30-34(20-14-8-6-9-15-20)29(37)25(39-30)26-31(2,3)22-18-12-13-19-23(22)33(26)4/h6-19H,5H2,1-4H3/b26-25+,30-24+. The maximum absolute atomic E-state index is 14.3. The lowest BCUT2D eigenvalue weighted by Crippen LogP contribution is -2.38. The van der Waals surface area contributed by atoms with Gasteiger partial charge < -0.3 is 9.64 Å². The predicted molar refractivity (Wildman–Crippen MR) is 157 cm³/mol. The Morgan fingerprint density at radius 3 is 2.13 bits per heavy atom. The lowest BCUT2D eigenvalue weighted by Gasteiger charge is -2.23. The van der Waals surface area contributed by atoms with Crippen LogP contribution in [0.1, 0.15) is 26.3 Å². The average Bonchev–Trinajstić information content (AvgIpc) is 3.51. The van der Waals surface area contributed by atoms with Crippen molar-refractivity contribution < 1.29 is 9.53 Å². The van der Waals surface area contributed by atoms with E-state index in [1.54, 1.807) is 4.57 Å². The van der Waals surface area contributed by atoms with Gasteiger partial charge >= 0.3 is 0 Å². The van der Waals surface area contributed by atoms with Crippen LogP contribution in [0.3, 0.4) is 0 Å². The fourth-order valence-electron chi connectivity index (χ4n) is 5.45. The van der Waals surface area contributed by atoms with Crippen LogP contribution in [0, 0.1) is 0 Å². The molecule has 1 amide bonds. The number of aromatic nitrogens is 1.